The molecule has 0 radical (unpaired) electrons. The number of sulfonamides is 1. The molecule has 16 heteroatoms. The van der Waals surface area contributed by atoms with E-state index in [4.69, 9.17) is 28.2 Å². The minimum absolute atomic E-state index is 0.0117. The van der Waals surface area contributed by atoms with Gasteiger partial charge in [-0.15, -0.1) is 4.83 Å². The van der Waals surface area contributed by atoms with E-state index in [0.717, 1.165) is 33.4 Å². The van der Waals surface area contributed by atoms with Gasteiger partial charge in [0.05, 0.1) is 17.1 Å². The minimum Gasteiger partial charge on any atom is -0.463 e. The highest BCUT2D eigenvalue weighted by atomic mass is 32.2. The van der Waals surface area contributed by atoms with E-state index in [1.807, 2.05) is 0 Å². The van der Waals surface area contributed by atoms with Crippen molar-refractivity contribution in [3.63, 3.8) is 0 Å². The molecule has 3 rings (SSSR count). The van der Waals surface area contributed by atoms with E-state index < -0.39 is 77.9 Å². The van der Waals surface area contributed by atoms with Crippen LogP contribution in [0.25, 0.3) is 0 Å². The number of hydrogen-bond acceptors (Lipinski definition) is 13. The Morgan fingerprint density at radius 1 is 0.935 bits per heavy atom. The van der Waals surface area contributed by atoms with E-state index in [9.17, 15) is 22.8 Å². The maximum atomic E-state index is 15.4. The summed E-state index contributed by atoms with van der Waals surface area (Å²) in [5.74, 6) is -2.68. The van der Waals surface area contributed by atoms with Crippen molar-refractivity contribution in [2.24, 2.45) is 0 Å². The van der Waals surface area contributed by atoms with Crippen LogP contribution in [0.3, 0.4) is 0 Å². The third-order valence-electron chi connectivity index (χ3n) is 7.14. The van der Waals surface area contributed by atoms with Crippen molar-refractivity contribution in [2.45, 2.75) is 88.8 Å². The second-order valence-corrected chi connectivity index (χ2v) is 15.4. The number of carbonyl (C=O) groups excluding carboxylic acids is 3. The van der Waals surface area contributed by atoms with Crippen LogP contribution >= 0.6 is 7.37 Å². The third kappa shape index (κ3) is 8.79. The van der Waals surface area contributed by atoms with E-state index in [-0.39, 0.29) is 10.2 Å². The summed E-state index contributed by atoms with van der Waals surface area (Å²) in [5, 5.41) is -2.51. The van der Waals surface area contributed by atoms with E-state index in [1.165, 1.54) is 24.3 Å². The molecule has 1 aliphatic heterocycles. The van der Waals surface area contributed by atoms with Gasteiger partial charge < -0.3 is 28.2 Å². The fraction of sp³-hybridized carbons (Fsp3) is 0.500. The highest BCUT2D eigenvalue weighted by Crippen LogP contribution is 2.59. The zero-order valence-corrected chi connectivity index (χ0v) is 28.5. The SMILES string of the molecule is COP(=O)(c1ccccc1)C(COC(C)=O)(NNS(=O)(=O)c1ccc(C)cc1)[C@@H](OC(C)=O)[C@@H](OC(C)=O)C1OC(C)CC(C)O1. The van der Waals surface area contributed by atoms with Gasteiger partial charge in [-0.3, -0.25) is 18.9 Å². The average Bonchev–Trinajstić information content (AvgIpc) is 2.98. The molecule has 0 aliphatic carbocycles. The number of ether oxygens (including phenoxy) is 5. The Hall–Kier alpha value is -3.17. The van der Waals surface area contributed by atoms with Crippen LogP contribution < -0.4 is 15.6 Å². The van der Waals surface area contributed by atoms with Crippen LogP contribution in [0.4, 0.5) is 0 Å². The predicted molar refractivity (Wildman–Crippen MR) is 165 cm³/mol. The summed E-state index contributed by atoms with van der Waals surface area (Å²) < 4.78 is 77.2. The van der Waals surface area contributed by atoms with Crippen molar-refractivity contribution in [1.29, 1.82) is 0 Å². The molecule has 1 aliphatic rings. The van der Waals surface area contributed by atoms with Crippen LogP contribution in [-0.4, -0.2) is 76.0 Å². The third-order valence-corrected chi connectivity index (χ3v) is 11.4. The van der Waals surface area contributed by atoms with Gasteiger partial charge in [-0.1, -0.05) is 35.9 Å². The molecule has 6 atom stereocenters. The monoisotopic (exact) mass is 684 g/mol. The highest BCUT2D eigenvalue weighted by molar-refractivity contribution is 7.89. The molecule has 1 heterocycles. The number of nitrogens with one attached hydrogen (secondary N) is 2. The summed E-state index contributed by atoms with van der Waals surface area (Å²) in [5.41, 5.74) is 3.36. The first-order chi connectivity index (χ1) is 21.5. The summed E-state index contributed by atoms with van der Waals surface area (Å²) in [6.45, 7) is 7.55. The fourth-order valence-electron chi connectivity index (χ4n) is 5.07. The number of aryl methyl sites for hydroxylation is 1. The number of esters is 3. The summed E-state index contributed by atoms with van der Waals surface area (Å²) in [6, 6.07) is 13.5. The number of hydrogen-bond donors (Lipinski definition) is 2. The zero-order valence-electron chi connectivity index (χ0n) is 26.8. The van der Waals surface area contributed by atoms with E-state index in [2.05, 4.69) is 10.3 Å². The molecule has 2 aromatic rings. The van der Waals surface area contributed by atoms with Gasteiger partial charge in [0.25, 0.3) is 17.4 Å². The highest BCUT2D eigenvalue weighted by Gasteiger charge is 2.63. The van der Waals surface area contributed by atoms with Gasteiger partial charge in [0.15, 0.2) is 23.8 Å². The second kappa shape index (κ2) is 15.6. The molecule has 0 spiro atoms. The smallest absolute Gasteiger partial charge is 0.303 e. The van der Waals surface area contributed by atoms with E-state index in [0.29, 0.717) is 6.42 Å². The Morgan fingerprint density at radius 3 is 2.00 bits per heavy atom. The first kappa shape index (κ1) is 37.3. The first-order valence-electron chi connectivity index (χ1n) is 14.4. The molecular weight excluding hydrogens is 643 g/mol. The quantitative estimate of drug-likeness (QED) is 0.128. The Balaban J connectivity index is 2.37. The van der Waals surface area contributed by atoms with Gasteiger partial charge in [0, 0.05) is 33.2 Å². The molecule has 254 valence electrons. The Labute approximate surface area is 268 Å². The lowest BCUT2D eigenvalue weighted by atomic mass is 10.0. The molecule has 0 bridgehead atoms. The van der Waals surface area contributed by atoms with Crippen LogP contribution in [0.15, 0.2) is 59.5 Å². The van der Waals surface area contributed by atoms with E-state index >= 15 is 4.57 Å². The first-order valence-corrected chi connectivity index (χ1v) is 17.5. The summed E-state index contributed by atoms with van der Waals surface area (Å²) in [6.07, 6.45) is -5.45. The molecule has 2 N–H and O–H groups in total. The number of hydrazine groups is 1. The van der Waals surface area contributed by atoms with Crippen molar-refractivity contribution < 1.29 is 55.6 Å². The molecule has 46 heavy (non-hydrogen) atoms. The lowest BCUT2D eigenvalue weighted by Crippen LogP contribution is -2.70. The van der Waals surface area contributed by atoms with Crippen molar-refractivity contribution in [3.05, 3.63) is 60.2 Å². The zero-order chi connectivity index (χ0) is 34.3. The van der Waals surface area contributed by atoms with Gasteiger partial charge in [0.1, 0.15) is 6.61 Å². The molecule has 14 nitrogen and oxygen atoms in total. The Bertz CT molecular complexity index is 1510. The maximum Gasteiger partial charge on any atom is 0.303 e. The van der Waals surface area contributed by atoms with Gasteiger partial charge in [-0.05, 0) is 51.5 Å². The fourth-order valence-corrected chi connectivity index (χ4v) is 8.61. The number of rotatable bonds is 14. The Kier molecular flexibility index (Phi) is 12.7. The van der Waals surface area contributed by atoms with Crippen LogP contribution in [0.1, 0.15) is 46.6 Å². The predicted octanol–water partition coefficient (Wildman–Crippen LogP) is 2.69. The standard InChI is InChI=1S/C30H41N2O12PS/c1-19-13-15-26(16-14-19)46(37,38)32-31-30(18-40-22(4)33,45(36,39-7)25-11-9-8-10-12-25)28(44-24(6)35)27(43-23(5)34)29-41-20(2)17-21(3)42-29/h8-16,20-21,27-29,31-32H,17-18H2,1-7H3/t20?,21?,27-,28+,29?,30?,45?/m1/s1. The Morgan fingerprint density at radius 2 is 1.50 bits per heavy atom. The van der Waals surface area contributed by atoms with Crippen LogP contribution in [0.5, 0.6) is 0 Å². The summed E-state index contributed by atoms with van der Waals surface area (Å²) in [4.78, 5) is 39.7. The second-order valence-electron chi connectivity index (χ2n) is 10.9. The molecule has 0 amide bonds. The van der Waals surface area contributed by atoms with Crippen molar-refractivity contribution in [2.75, 3.05) is 13.7 Å². The summed E-state index contributed by atoms with van der Waals surface area (Å²) in [7, 11) is -7.97. The molecule has 1 saturated heterocycles. The topological polar surface area (TPSA) is 182 Å². The van der Waals surface area contributed by atoms with Crippen molar-refractivity contribution in [1.82, 2.24) is 10.3 Å². The van der Waals surface area contributed by atoms with Gasteiger partial charge in [-0.2, -0.15) is 0 Å². The lowest BCUT2D eigenvalue weighted by molar-refractivity contribution is -0.288. The molecule has 1 fully saturated rings. The minimum atomic E-state index is -4.62. The van der Waals surface area contributed by atoms with Crippen LogP contribution in [-0.2, 0) is 57.2 Å². The van der Waals surface area contributed by atoms with Crippen LogP contribution in [0.2, 0.25) is 0 Å². The van der Waals surface area contributed by atoms with Crippen molar-refractivity contribution >= 4 is 40.6 Å². The molecule has 0 saturated carbocycles. The lowest BCUT2D eigenvalue weighted by Gasteiger charge is -2.47. The molecule has 2 aromatic carbocycles. The molecular formula is C30H41N2O12PS. The van der Waals surface area contributed by atoms with E-state index in [1.54, 1.807) is 51.1 Å². The number of carbonyl (C=O) groups is 3. The normalized spacial score (nSPS) is 22.4. The average molecular weight is 685 g/mol. The van der Waals surface area contributed by atoms with Gasteiger partial charge in [0.2, 0.25) is 0 Å². The van der Waals surface area contributed by atoms with Gasteiger partial charge in [-0.25, -0.2) is 13.8 Å². The molecule has 0 aromatic heterocycles. The summed E-state index contributed by atoms with van der Waals surface area (Å²) >= 11 is 0. The largest absolute Gasteiger partial charge is 0.463 e. The molecule has 4 unspecified atom stereocenters. The van der Waals surface area contributed by atoms with Crippen molar-refractivity contribution in [3.8, 4) is 0 Å². The van der Waals surface area contributed by atoms with Crippen LogP contribution in [0, 0.1) is 6.92 Å². The number of benzene rings is 2. The van der Waals surface area contributed by atoms with Gasteiger partial charge >= 0.3 is 17.9 Å². The maximum absolute atomic E-state index is 15.4.